The Hall–Kier alpha value is -1.89. The van der Waals surface area contributed by atoms with Crippen LogP contribution >= 0.6 is 22.9 Å². The van der Waals surface area contributed by atoms with Crippen molar-refractivity contribution in [3.63, 3.8) is 0 Å². The van der Waals surface area contributed by atoms with Crippen LogP contribution in [0.3, 0.4) is 0 Å². The second kappa shape index (κ2) is 8.87. The maximum Gasteiger partial charge on any atom is 0.263 e. The Morgan fingerprint density at radius 1 is 1.04 bits per heavy atom. The molecule has 1 aromatic carbocycles. The summed E-state index contributed by atoms with van der Waals surface area (Å²) in [5, 5.41) is 0.702. The van der Waals surface area contributed by atoms with Crippen LogP contribution in [0.25, 0.3) is 10.4 Å². The van der Waals surface area contributed by atoms with Crippen molar-refractivity contribution in [2.45, 2.75) is 6.42 Å². The highest BCUT2D eigenvalue weighted by atomic mass is 35.5. The minimum absolute atomic E-state index is 0.0704. The second-order valence-corrected chi connectivity index (χ2v) is 8.40. The number of rotatable bonds is 4. The molecule has 3 rings (SSSR count). The molecule has 2 amide bonds. The number of halogens is 1. The van der Waals surface area contributed by atoms with Crippen molar-refractivity contribution in [1.82, 2.24) is 14.7 Å². The Morgan fingerprint density at radius 3 is 2.48 bits per heavy atom. The van der Waals surface area contributed by atoms with E-state index in [2.05, 4.69) is 4.90 Å². The maximum atomic E-state index is 12.9. The minimum atomic E-state index is 0.0704. The van der Waals surface area contributed by atoms with E-state index in [1.54, 1.807) is 19.0 Å². The van der Waals surface area contributed by atoms with Gasteiger partial charge in [-0.05, 0) is 36.2 Å². The minimum Gasteiger partial charge on any atom is -0.348 e. The van der Waals surface area contributed by atoms with Gasteiger partial charge in [-0.15, -0.1) is 11.3 Å². The summed E-state index contributed by atoms with van der Waals surface area (Å²) in [6, 6.07) is 11.5. The van der Waals surface area contributed by atoms with E-state index in [1.165, 1.54) is 11.3 Å². The van der Waals surface area contributed by atoms with Crippen LogP contribution in [0.2, 0.25) is 5.02 Å². The second-order valence-electron chi connectivity index (χ2n) is 6.88. The SMILES string of the molecule is CN(C)C(=O)CN1CCCN(C(=O)c2ccc(-c3ccc(Cl)cc3)s2)CC1. The van der Waals surface area contributed by atoms with Gasteiger partial charge < -0.3 is 9.80 Å². The number of thiophene rings is 1. The summed E-state index contributed by atoms with van der Waals surface area (Å²) in [7, 11) is 3.54. The standard InChI is InChI=1S/C20H24ClN3O2S/c1-22(2)19(25)14-23-10-3-11-24(13-12-23)20(26)18-9-8-17(27-18)15-4-6-16(21)7-5-15/h4-9H,3,10-14H2,1-2H3. The first-order valence-electron chi connectivity index (χ1n) is 9.01. The number of hydrogen-bond donors (Lipinski definition) is 0. The third-order valence-corrected chi connectivity index (χ3v) is 6.05. The van der Waals surface area contributed by atoms with Crippen LogP contribution in [-0.2, 0) is 4.79 Å². The number of hydrogen-bond acceptors (Lipinski definition) is 4. The average molecular weight is 406 g/mol. The molecule has 0 saturated carbocycles. The predicted molar refractivity (Wildman–Crippen MR) is 110 cm³/mol. The molecule has 144 valence electrons. The average Bonchev–Trinajstić information content (AvgIpc) is 3.02. The molecule has 5 nitrogen and oxygen atoms in total. The number of nitrogens with zero attached hydrogens (tertiary/aromatic N) is 3. The molecule has 0 N–H and O–H groups in total. The van der Waals surface area contributed by atoms with Crippen molar-refractivity contribution < 1.29 is 9.59 Å². The molecule has 0 aliphatic carbocycles. The van der Waals surface area contributed by atoms with Gasteiger partial charge >= 0.3 is 0 Å². The highest BCUT2D eigenvalue weighted by Gasteiger charge is 2.23. The van der Waals surface area contributed by atoms with Crippen LogP contribution in [0.5, 0.6) is 0 Å². The quantitative estimate of drug-likeness (QED) is 0.783. The number of benzene rings is 1. The molecule has 1 aromatic heterocycles. The Kier molecular flexibility index (Phi) is 6.52. The zero-order chi connectivity index (χ0) is 19.4. The number of carbonyl (C=O) groups is 2. The topological polar surface area (TPSA) is 43.9 Å². The van der Waals surface area contributed by atoms with Crippen LogP contribution in [0, 0.1) is 0 Å². The molecule has 0 spiro atoms. The van der Waals surface area contributed by atoms with Gasteiger partial charge in [-0.25, -0.2) is 0 Å². The Morgan fingerprint density at radius 2 is 1.78 bits per heavy atom. The number of amides is 2. The van der Waals surface area contributed by atoms with E-state index in [4.69, 9.17) is 11.6 Å². The number of likely N-dealkylation sites (N-methyl/N-ethyl adjacent to an activating group) is 1. The molecule has 1 aliphatic heterocycles. The lowest BCUT2D eigenvalue weighted by Gasteiger charge is -2.22. The van der Waals surface area contributed by atoms with E-state index in [0.29, 0.717) is 18.1 Å². The summed E-state index contributed by atoms with van der Waals surface area (Å²) in [6.45, 7) is 3.34. The van der Waals surface area contributed by atoms with Crippen molar-refractivity contribution in [3.05, 3.63) is 46.3 Å². The van der Waals surface area contributed by atoms with Gasteiger partial charge in [0.1, 0.15) is 0 Å². The maximum absolute atomic E-state index is 12.9. The lowest BCUT2D eigenvalue weighted by atomic mass is 10.2. The van der Waals surface area contributed by atoms with Gasteiger partial charge in [0.05, 0.1) is 11.4 Å². The zero-order valence-corrected chi connectivity index (χ0v) is 17.2. The molecule has 1 aliphatic rings. The molecule has 2 aromatic rings. The Labute approximate surface area is 169 Å². The highest BCUT2D eigenvalue weighted by Crippen LogP contribution is 2.29. The smallest absolute Gasteiger partial charge is 0.263 e. The fraction of sp³-hybridized carbons (Fsp3) is 0.400. The van der Waals surface area contributed by atoms with E-state index < -0.39 is 0 Å². The molecule has 0 atom stereocenters. The van der Waals surface area contributed by atoms with Crippen molar-refractivity contribution >= 4 is 34.8 Å². The zero-order valence-electron chi connectivity index (χ0n) is 15.7. The fourth-order valence-electron chi connectivity index (χ4n) is 3.04. The largest absolute Gasteiger partial charge is 0.348 e. The molecule has 2 heterocycles. The summed E-state index contributed by atoms with van der Waals surface area (Å²) < 4.78 is 0. The van der Waals surface area contributed by atoms with Gasteiger partial charge in [-0.3, -0.25) is 14.5 Å². The van der Waals surface area contributed by atoms with E-state index in [9.17, 15) is 9.59 Å². The van der Waals surface area contributed by atoms with Crippen molar-refractivity contribution in [3.8, 4) is 10.4 Å². The summed E-state index contributed by atoms with van der Waals surface area (Å²) in [5.74, 6) is 0.168. The first-order valence-corrected chi connectivity index (χ1v) is 10.2. The Balaban J connectivity index is 1.63. The monoisotopic (exact) mass is 405 g/mol. The normalized spacial score (nSPS) is 15.4. The number of carbonyl (C=O) groups excluding carboxylic acids is 2. The predicted octanol–water partition coefficient (Wildman–Crippen LogP) is 3.30. The molecule has 0 bridgehead atoms. The van der Waals surface area contributed by atoms with Gasteiger partial charge in [0, 0.05) is 50.2 Å². The summed E-state index contributed by atoms with van der Waals surface area (Å²) in [4.78, 5) is 32.3. The van der Waals surface area contributed by atoms with Gasteiger partial charge in [0.25, 0.3) is 5.91 Å². The van der Waals surface area contributed by atoms with E-state index in [-0.39, 0.29) is 11.8 Å². The van der Waals surface area contributed by atoms with Crippen LogP contribution in [0.15, 0.2) is 36.4 Å². The third-order valence-electron chi connectivity index (χ3n) is 4.68. The van der Waals surface area contributed by atoms with Crippen LogP contribution < -0.4 is 0 Å². The van der Waals surface area contributed by atoms with Gasteiger partial charge in [0.2, 0.25) is 5.91 Å². The molecule has 0 radical (unpaired) electrons. The van der Waals surface area contributed by atoms with Crippen molar-refractivity contribution in [1.29, 1.82) is 0 Å². The molecule has 0 unspecified atom stereocenters. The Bertz CT molecular complexity index is 804. The first-order chi connectivity index (χ1) is 12.9. The summed E-state index contributed by atoms with van der Waals surface area (Å²) in [6.07, 6.45) is 0.877. The van der Waals surface area contributed by atoms with Gasteiger partial charge in [0.15, 0.2) is 0 Å². The third kappa shape index (κ3) is 5.09. The van der Waals surface area contributed by atoms with Crippen molar-refractivity contribution in [2.75, 3.05) is 46.8 Å². The first kappa shape index (κ1) is 19.9. The van der Waals surface area contributed by atoms with Gasteiger partial charge in [-0.2, -0.15) is 0 Å². The highest BCUT2D eigenvalue weighted by molar-refractivity contribution is 7.17. The lowest BCUT2D eigenvalue weighted by Crippen LogP contribution is -2.39. The molecule has 27 heavy (non-hydrogen) atoms. The van der Waals surface area contributed by atoms with Gasteiger partial charge in [-0.1, -0.05) is 23.7 Å². The van der Waals surface area contributed by atoms with Crippen molar-refractivity contribution in [2.24, 2.45) is 0 Å². The van der Waals surface area contributed by atoms with Crippen LogP contribution in [0.1, 0.15) is 16.1 Å². The fourth-order valence-corrected chi connectivity index (χ4v) is 4.15. The molecular formula is C20H24ClN3O2S. The molecular weight excluding hydrogens is 382 g/mol. The molecule has 7 heteroatoms. The molecule has 1 saturated heterocycles. The lowest BCUT2D eigenvalue weighted by molar-refractivity contribution is -0.129. The van der Waals surface area contributed by atoms with Crippen LogP contribution in [0.4, 0.5) is 0 Å². The van der Waals surface area contributed by atoms with E-state index in [1.807, 2.05) is 41.3 Å². The van der Waals surface area contributed by atoms with E-state index >= 15 is 0 Å². The molecule has 1 fully saturated rings. The summed E-state index contributed by atoms with van der Waals surface area (Å²) >= 11 is 7.45. The summed E-state index contributed by atoms with van der Waals surface area (Å²) in [5.41, 5.74) is 1.06. The van der Waals surface area contributed by atoms with Crippen LogP contribution in [-0.4, -0.2) is 73.3 Å². The van der Waals surface area contributed by atoms with E-state index in [0.717, 1.165) is 41.4 Å².